The van der Waals surface area contributed by atoms with E-state index in [9.17, 15) is 0 Å². The summed E-state index contributed by atoms with van der Waals surface area (Å²) in [5.74, 6) is 0. The highest BCUT2D eigenvalue weighted by Gasteiger charge is 2.44. The van der Waals surface area contributed by atoms with E-state index in [0.717, 1.165) is 19.6 Å². The highest BCUT2D eigenvalue weighted by atomic mass is 28.4. The average Bonchev–Trinajstić information content (AvgIpc) is 2.14. The smallest absolute Gasteiger partial charge is 0.372 e. The quantitative estimate of drug-likeness (QED) is 0.500. The number of nitrogens with zero attached hydrogens (tertiary/aromatic N) is 2. The molecule has 6 heteroatoms. The summed E-state index contributed by atoms with van der Waals surface area (Å²) in [4.78, 5) is 5.64. The Morgan fingerprint density at radius 2 is 1.60 bits per heavy atom. The lowest BCUT2D eigenvalue weighted by molar-refractivity contribution is -0.00758. The van der Waals surface area contributed by atoms with Gasteiger partial charge in [-0.1, -0.05) is 0 Å². The topological polar surface area (TPSA) is 35.3 Å². The molecule has 3 saturated heterocycles. The molecule has 0 aromatic heterocycles. The van der Waals surface area contributed by atoms with E-state index in [4.69, 9.17) is 19.9 Å². The van der Waals surface area contributed by atoms with Gasteiger partial charge in [-0.25, -0.2) is 6.57 Å². The summed E-state index contributed by atoms with van der Waals surface area (Å²) in [6.07, 6.45) is 0. The van der Waals surface area contributed by atoms with E-state index in [1.165, 1.54) is 0 Å². The van der Waals surface area contributed by atoms with Crippen LogP contribution in [0, 0.1) is 6.57 Å². The number of hydrogen-bond acceptors (Lipinski definition) is 4. The molecule has 0 N–H and O–H groups in total. The van der Waals surface area contributed by atoms with Gasteiger partial charge in [-0.15, -0.1) is 0 Å². The minimum Gasteiger partial charge on any atom is -0.372 e. The highest BCUT2D eigenvalue weighted by Crippen LogP contribution is 2.20. The van der Waals surface area contributed by atoms with Crippen LogP contribution in [0.15, 0.2) is 0 Å². The summed E-state index contributed by atoms with van der Waals surface area (Å²) in [6, 6.07) is 0.635. The number of fused-ring (bicyclic) bond motifs is 6. The van der Waals surface area contributed by atoms with Gasteiger partial charge < -0.3 is 18.1 Å². The molecule has 0 atom stereocenters. The standard InChI is InChI=1S/C9H16N2O3Si/c1-10-2-9-15-12-6-3-11(4-7-13-15)5-8-14-15/h2-9H2. The fourth-order valence-corrected chi connectivity index (χ4v) is 4.14. The van der Waals surface area contributed by atoms with Crippen molar-refractivity contribution in [1.29, 1.82) is 0 Å². The Bertz CT molecular complexity index is 230. The first-order valence-corrected chi connectivity index (χ1v) is 7.25. The van der Waals surface area contributed by atoms with Crippen LogP contribution in [-0.4, -0.2) is 59.7 Å². The lowest BCUT2D eigenvalue weighted by Crippen LogP contribution is -2.55. The zero-order chi connectivity index (χ0) is 10.6. The molecule has 0 saturated carbocycles. The first-order valence-electron chi connectivity index (χ1n) is 5.32. The highest BCUT2D eigenvalue weighted by molar-refractivity contribution is 6.60. The lowest BCUT2D eigenvalue weighted by atomic mass is 10.4. The molecule has 0 spiro atoms. The van der Waals surface area contributed by atoms with Crippen LogP contribution in [0.2, 0.25) is 6.04 Å². The van der Waals surface area contributed by atoms with Gasteiger partial charge in [0.05, 0.1) is 25.9 Å². The summed E-state index contributed by atoms with van der Waals surface area (Å²) in [6.45, 7) is 12.1. The Hall–Kier alpha value is -0.453. The summed E-state index contributed by atoms with van der Waals surface area (Å²) in [7, 11) is -2.49. The van der Waals surface area contributed by atoms with Crippen LogP contribution in [0.1, 0.15) is 0 Å². The van der Waals surface area contributed by atoms with Crippen molar-refractivity contribution in [2.24, 2.45) is 0 Å². The lowest BCUT2D eigenvalue weighted by Gasteiger charge is -2.37. The summed E-state index contributed by atoms with van der Waals surface area (Å²) >= 11 is 0. The van der Waals surface area contributed by atoms with Crippen molar-refractivity contribution in [3.8, 4) is 0 Å². The molecule has 0 radical (unpaired) electrons. The second-order valence-corrected chi connectivity index (χ2v) is 6.43. The van der Waals surface area contributed by atoms with E-state index < -0.39 is 8.80 Å². The Morgan fingerprint density at radius 1 is 1.07 bits per heavy atom. The maximum absolute atomic E-state index is 6.82. The fourth-order valence-electron chi connectivity index (χ4n) is 1.86. The molecule has 5 nitrogen and oxygen atoms in total. The molecule has 3 fully saturated rings. The third-order valence-electron chi connectivity index (χ3n) is 2.72. The van der Waals surface area contributed by atoms with Crippen LogP contribution in [0.25, 0.3) is 4.85 Å². The van der Waals surface area contributed by atoms with Crippen molar-refractivity contribution in [3.63, 3.8) is 0 Å². The second kappa shape index (κ2) is 5.05. The summed E-state index contributed by atoms with van der Waals surface area (Å²) in [5, 5.41) is 0. The van der Waals surface area contributed by atoms with Crippen molar-refractivity contribution in [2.75, 3.05) is 46.0 Å². The van der Waals surface area contributed by atoms with E-state index in [1.807, 2.05) is 0 Å². The van der Waals surface area contributed by atoms with Crippen molar-refractivity contribution >= 4 is 8.80 Å². The first kappa shape index (κ1) is 11.0. The molecule has 84 valence electrons. The molecule has 15 heavy (non-hydrogen) atoms. The van der Waals surface area contributed by atoms with Crippen molar-refractivity contribution in [2.45, 2.75) is 6.04 Å². The number of rotatable bonds is 2. The van der Waals surface area contributed by atoms with Crippen LogP contribution >= 0.6 is 0 Å². The van der Waals surface area contributed by atoms with Gasteiger partial charge in [0.1, 0.15) is 0 Å². The van der Waals surface area contributed by atoms with Crippen LogP contribution < -0.4 is 0 Å². The minimum absolute atomic E-state index is 0.440. The van der Waals surface area contributed by atoms with Crippen LogP contribution in [0.4, 0.5) is 0 Å². The zero-order valence-electron chi connectivity index (χ0n) is 8.78. The predicted molar refractivity (Wildman–Crippen MR) is 56.3 cm³/mol. The maximum atomic E-state index is 6.82. The molecule has 3 rings (SSSR count). The molecular weight excluding hydrogens is 212 g/mol. The monoisotopic (exact) mass is 228 g/mol. The maximum Gasteiger partial charge on any atom is 0.508 e. The molecule has 0 amide bonds. The summed E-state index contributed by atoms with van der Waals surface area (Å²) in [5.41, 5.74) is 0. The van der Waals surface area contributed by atoms with E-state index in [1.54, 1.807) is 0 Å². The normalized spacial score (nSPS) is 36.3. The van der Waals surface area contributed by atoms with Gasteiger partial charge in [0, 0.05) is 19.6 Å². The van der Waals surface area contributed by atoms with Crippen molar-refractivity contribution in [1.82, 2.24) is 4.90 Å². The Kier molecular flexibility index (Phi) is 3.72. The molecule has 0 aromatic carbocycles. The van der Waals surface area contributed by atoms with Gasteiger partial charge in [0.15, 0.2) is 0 Å². The van der Waals surface area contributed by atoms with E-state index in [2.05, 4.69) is 9.74 Å². The second-order valence-electron chi connectivity index (χ2n) is 3.70. The Balaban J connectivity index is 2.02. The third kappa shape index (κ3) is 2.77. The van der Waals surface area contributed by atoms with Gasteiger partial charge in [-0.3, -0.25) is 4.90 Å². The first-order chi connectivity index (χ1) is 7.35. The molecular formula is C9H16N2O3Si. The average molecular weight is 228 g/mol. The van der Waals surface area contributed by atoms with Crippen LogP contribution in [0.3, 0.4) is 0 Å². The largest absolute Gasteiger partial charge is 0.508 e. The van der Waals surface area contributed by atoms with Gasteiger partial charge >= 0.3 is 8.80 Å². The van der Waals surface area contributed by atoms with Crippen LogP contribution in [0.5, 0.6) is 0 Å². The van der Waals surface area contributed by atoms with E-state index >= 15 is 0 Å². The molecule has 0 aliphatic carbocycles. The van der Waals surface area contributed by atoms with Gasteiger partial charge in [-0.05, 0) is 0 Å². The van der Waals surface area contributed by atoms with E-state index in [0.29, 0.717) is 32.4 Å². The molecule has 3 aliphatic rings. The number of hydrogen-bond donors (Lipinski definition) is 0. The molecule has 0 aromatic rings. The van der Waals surface area contributed by atoms with Gasteiger partial charge in [-0.2, -0.15) is 0 Å². The SMILES string of the molecule is [C-]#[N+]CC[Si]12OCCN(CCO1)CCO2. The molecule has 3 heterocycles. The summed E-state index contributed by atoms with van der Waals surface area (Å²) < 4.78 is 17.3. The third-order valence-corrected chi connectivity index (χ3v) is 5.49. The molecule has 0 unspecified atom stereocenters. The van der Waals surface area contributed by atoms with Crippen molar-refractivity contribution < 1.29 is 13.3 Å². The van der Waals surface area contributed by atoms with Gasteiger partial charge in [0.25, 0.3) is 0 Å². The molecule has 2 bridgehead atoms. The van der Waals surface area contributed by atoms with Gasteiger partial charge in [0.2, 0.25) is 6.54 Å². The van der Waals surface area contributed by atoms with E-state index in [-0.39, 0.29) is 0 Å². The minimum atomic E-state index is -2.49. The van der Waals surface area contributed by atoms with Crippen LogP contribution in [-0.2, 0) is 13.3 Å². The Morgan fingerprint density at radius 3 is 2.07 bits per heavy atom. The predicted octanol–water partition coefficient (Wildman–Crippen LogP) is 0.224. The fraction of sp³-hybridized carbons (Fsp3) is 0.889. The molecule has 3 aliphatic heterocycles. The zero-order valence-corrected chi connectivity index (χ0v) is 9.78. The van der Waals surface area contributed by atoms with Crippen molar-refractivity contribution in [3.05, 3.63) is 11.4 Å². The Labute approximate surface area is 91.1 Å².